The van der Waals surface area contributed by atoms with Crippen LogP contribution in [-0.2, 0) is 6.42 Å². The van der Waals surface area contributed by atoms with Crippen LogP contribution in [0.2, 0.25) is 0 Å². The molecule has 128 valence electrons. The second-order valence-corrected chi connectivity index (χ2v) is 6.94. The normalized spacial score (nSPS) is 10.8. The Morgan fingerprint density at radius 3 is 2.52 bits per heavy atom. The first-order valence-electron chi connectivity index (χ1n) is 8.60. The maximum absolute atomic E-state index is 12.7. The van der Waals surface area contributed by atoms with E-state index in [1.807, 2.05) is 31.2 Å². The molecule has 0 saturated heterocycles. The third-order valence-electron chi connectivity index (χ3n) is 4.21. The predicted octanol–water partition coefficient (Wildman–Crippen LogP) is 5.37. The van der Waals surface area contributed by atoms with Crippen molar-refractivity contribution < 1.29 is 4.79 Å². The molecule has 25 heavy (non-hydrogen) atoms. The smallest absolute Gasteiger partial charge is 0.252 e. The van der Waals surface area contributed by atoms with E-state index in [0.29, 0.717) is 12.1 Å². The largest absolute Gasteiger partial charge is 0.352 e. The molecule has 0 saturated carbocycles. The maximum Gasteiger partial charge on any atom is 0.252 e. The van der Waals surface area contributed by atoms with Crippen LogP contribution in [0.5, 0.6) is 0 Å². The first-order valence-corrected chi connectivity index (χ1v) is 9.39. The standard InChI is InChI=1S/C21H21BrN2O/c1-3-11-23-21(25)18-13-20(15-7-5-14(4-2)6-8-15)24-19-10-9-16(22)12-17(18)19/h5-10,12-13H,3-4,11H2,1-2H3,(H,23,25). The monoisotopic (exact) mass is 396 g/mol. The number of aromatic nitrogens is 1. The number of fused-ring (bicyclic) bond motifs is 1. The molecular formula is C21H21BrN2O. The van der Waals surface area contributed by atoms with Crippen molar-refractivity contribution in [3.8, 4) is 11.3 Å². The summed E-state index contributed by atoms with van der Waals surface area (Å²) in [5, 5.41) is 3.83. The molecular weight excluding hydrogens is 376 g/mol. The SMILES string of the molecule is CCCNC(=O)c1cc(-c2ccc(CC)cc2)nc2ccc(Br)cc12. The van der Waals surface area contributed by atoms with Crippen molar-refractivity contribution in [3.63, 3.8) is 0 Å². The number of carbonyl (C=O) groups excluding carboxylic acids is 1. The topological polar surface area (TPSA) is 42.0 Å². The van der Waals surface area contributed by atoms with E-state index in [-0.39, 0.29) is 5.91 Å². The molecule has 0 unspecified atom stereocenters. The van der Waals surface area contributed by atoms with E-state index in [1.165, 1.54) is 5.56 Å². The van der Waals surface area contributed by atoms with Crippen LogP contribution in [-0.4, -0.2) is 17.4 Å². The van der Waals surface area contributed by atoms with E-state index in [0.717, 1.165) is 39.5 Å². The number of pyridine rings is 1. The van der Waals surface area contributed by atoms with Crippen LogP contribution in [0.15, 0.2) is 53.0 Å². The number of hydrogen-bond acceptors (Lipinski definition) is 2. The van der Waals surface area contributed by atoms with Gasteiger partial charge in [0.05, 0.1) is 16.8 Å². The fourth-order valence-electron chi connectivity index (χ4n) is 2.78. The number of rotatable bonds is 5. The van der Waals surface area contributed by atoms with Gasteiger partial charge in [-0.2, -0.15) is 0 Å². The van der Waals surface area contributed by atoms with Crippen LogP contribution in [0.4, 0.5) is 0 Å². The van der Waals surface area contributed by atoms with E-state index in [9.17, 15) is 4.79 Å². The molecule has 2 aromatic carbocycles. The third kappa shape index (κ3) is 3.90. The number of halogens is 1. The third-order valence-corrected chi connectivity index (χ3v) is 4.70. The number of benzene rings is 2. The second kappa shape index (κ2) is 7.79. The molecule has 1 amide bonds. The number of hydrogen-bond donors (Lipinski definition) is 1. The number of amides is 1. The number of carbonyl (C=O) groups is 1. The van der Waals surface area contributed by atoms with E-state index in [2.05, 4.69) is 52.4 Å². The Morgan fingerprint density at radius 2 is 1.84 bits per heavy atom. The molecule has 0 aliphatic carbocycles. The Bertz CT molecular complexity index is 904. The molecule has 3 aromatic rings. The van der Waals surface area contributed by atoms with Crippen molar-refractivity contribution in [1.29, 1.82) is 0 Å². The van der Waals surface area contributed by atoms with Crippen LogP contribution in [0, 0.1) is 0 Å². The van der Waals surface area contributed by atoms with Crippen LogP contribution >= 0.6 is 15.9 Å². The molecule has 3 rings (SSSR count). The van der Waals surface area contributed by atoms with Crippen molar-refractivity contribution in [2.75, 3.05) is 6.54 Å². The van der Waals surface area contributed by atoms with Crippen LogP contribution < -0.4 is 5.32 Å². The Hall–Kier alpha value is -2.20. The van der Waals surface area contributed by atoms with Crippen molar-refractivity contribution in [2.24, 2.45) is 0 Å². The Labute approximate surface area is 156 Å². The summed E-state index contributed by atoms with van der Waals surface area (Å²) in [4.78, 5) is 17.4. The van der Waals surface area contributed by atoms with Gasteiger partial charge in [-0.05, 0) is 42.7 Å². The lowest BCUT2D eigenvalue weighted by Crippen LogP contribution is -2.24. The first kappa shape index (κ1) is 17.6. The molecule has 0 radical (unpaired) electrons. The quantitative estimate of drug-likeness (QED) is 0.629. The highest BCUT2D eigenvalue weighted by Gasteiger charge is 2.14. The van der Waals surface area contributed by atoms with Gasteiger partial charge >= 0.3 is 0 Å². The van der Waals surface area contributed by atoms with Crippen molar-refractivity contribution in [3.05, 3.63) is 64.1 Å². The summed E-state index contributed by atoms with van der Waals surface area (Å²) in [6.45, 7) is 4.84. The zero-order valence-corrected chi connectivity index (χ0v) is 16.1. The highest BCUT2D eigenvalue weighted by molar-refractivity contribution is 9.10. The minimum atomic E-state index is -0.0567. The van der Waals surface area contributed by atoms with Crippen LogP contribution in [0.3, 0.4) is 0 Å². The lowest BCUT2D eigenvalue weighted by molar-refractivity contribution is 0.0955. The fraction of sp³-hybridized carbons (Fsp3) is 0.238. The molecule has 1 N–H and O–H groups in total. The molecule has 0 fully saturated rings. The summed E-state index contributed by atoms with van der Waals surface area (Å²) in [5.74, 6) is -0.0567. The minimum Gasteiger partial charge on any atom is -0.352 e. The predicted molar refractivity (Wildman–Crippen MR) is 107 cm³/mol. The molecule has 0 aliphatic heterocycles. The molecule has 1 heterocycles. The molecule has 1 aromatic heterocycles. The summed E-state index contributed by atoms with van der Waals surface area (Å²) < 4.78 is 0.936. The minimum absolute atomic E-state index is 0.0567. The summed E-state index contributed by atoms with van der Waals surface area (Å²) in [6, 6.07) is 16.1. The second-order valence-electron chi connectivity index (χ2n) is 6.02. The molecule has 3 nitrogen and oxygen atoms in total. The van der Waals surface area contributed by atoms with Gasteiger partial charge in [0.2, 0.25) is 0 Å². The number of aryl methyl sites for hydroxylation is 1. The van der Waals surface area contributed by atoms with Gasteiger partial charge in [-0.3, -0.25) is 4.79 Å². The lowest BCUT2D eigenvalue weighted by Gasteiger charge is -2.11. The number of nitrogens with one attached hydrogen (secondary N) is 1. The molecule has 0 aliphatic rings. The highest BCUT2D eigenvalue weighted by atomic mass is 79.9. The summed E-state index contributed by atoms with van der Waals surface area (Å²) in [5.41, 5.74) is 4.61. The van der Waals surface area contributed by atoms with Gasteiger partial charge < -0.3 is 5.32 Å². The summed E-state index contributed by atoms with van der Waals surface area (Å²) in [7, 11) is 0. The summed E-state index contributed by atoms with van der Waals surface area (Å²) >= 11 is 3.49. The van der Waals surface area contributed by atoms with Crippen molar-refractivity contribution in [1.82, 2.24) is 10.3 Å². The number of nitrogens with zero attached hydrogens (tertiary/aromatic N) is 1. The van der Waals surface area contributed by atoms with Gasteiger partial charge in [0, 0.05) is 22.0 Å². The van der Waals surface area contributed by atoms with Gasteiger partial charge in [0.1, 0.15) is 0 Å². The Balaban J connectivity index is 2.13. The zero-order chi connectivity index (χ0) is 17.8. The average Bonchev–Trinajstić information content (AvgIpc) is 2.65. The zero-order valence-electron chi connectivity index (χ0n) is 14.5. The van der Waals surface area contributed by atoms with E-state index in [4.69, 9.17) is 4.98 Å². The molecule has 4 heteroatoms. The molecule has 0 bridgehead atoms. The molecule has 0 atom stereocenters. The average molecular weight is 397 g/mol. The first-order chi connectivity index (χ1) is 12.1. The van der Waals surface area contributed by atoms with Crippen molar-refractivity contribution >= 4 is 32.7 Å². The van der Waals surface area contributed by atoms with E-state index < -0.39 is 0 Å². The molecule has 0 spiro atoms. The van der Waals surface area contributed by atoms with E-state index >= 15 is 0 Å². The van der Waals surface area contributed by atoms with Crippen LogP contribution in [0.1, 0.15) is 36.2 Å². The van der Waals surface area contributed by atoms with Gasteiger partial charge in [-0.1, -0.05) is 54.0 Å². The van der Waals surface area contributed by atoms with Crippen LogP contribution in [0.25, 0.3) is 22.2 Å². The fourth-order valence-corrected chi connectivity index (χ4v) is 3.14. The van der Waals surface area contributed by atoms with Gasteiger partial charge in [0.15, 0.2) is 0 Å². The van der Waals surface area contributed by atoms with Gasteiger partial charge in [-0.15, -0.1) is 0 Å². The van der Waals surface area contributed by atoms with Gasteiger partial charge in [0.25, 0.3) is 5.91 Å². The lowest BCUT2D eigenvalue weighted by atomic mass is 10.0. The van der Waals surface area contributed by atoms with Gasteiger partial charge in [-0.25, -0.2) is 4.98 Å². The summed E-state index contributed by atoms with van der Waals surface area (Å²) in [6.07, 6.45) is 1.91. The Kier molecular flexibility index (Phi) is 5.49. The maximum atomic E-state index is 12.7. The van der Waals surface area contributed by atoms with Crippen molar-refractivity contribution in [2.45, 2.75) is 26.7 Å². The highest BCUT2D eigenvalue weighted by Crippen LogP contribution is 2.27. The Morgan fingerprint density at radius 1 is 1.08 bits per heavy atom. The van der Waals surface area contributed by atoms with E-state index in [1.54, 1.807) is 0 Å².